The maximum Gasteiger partial charge on any atom is 0.243 e. The van der Waals surface area contributed by atoms with Crippen LogP contribution in [0.1, 0.15) is 44.6 Å². The summed E-state index contributed by atoms with van der Waals surface area (Å²) in [6.07, 6.45) is 4.50. The zero-order valence-electron chi connectivity index (χ0n) is 15.6. The number of nitrogens with zero attached hydrogens (tertiary/aromatic N) is 1. The van der Waals surface area contributed by atoms with Crippen LogP contribution >= 0.6 is 0 Å². The Morgan fingerprint density at radius 3 is 2.65 bits per heavy atom. The fourth-order valence-electron chi connectivity index (χ4n) is 3.81. The first-order chi connectivity index (χ1) is 12.4. The lowest BCUT2D eigenvalue weighted by atomic mass is 9.92. The van der Waals surface area contributed by atoms with Crippen molar-refractivity contribution in [3.8, 4) is 0 Å². The predicted molar refractivity (Wildman–Crippen MR) is 103 cm³/mol. The van der Waals surface area contributed by atoms with Crippen molar-refractivity contribution in [1.29, 1.82) is 0 Å². The van der Waals surface area contributed by atoms with Gasteiger partial charge in [-0.1, -0.05) is 12.5 Å². The summed E-state index contributed by atoms with van der Waals surface area (Å²) in [5, 5.41) is 6.26. The van der Waals surface area contributed by atoms with Crippen molar-refractivity contribution in [3.05, 3.63) is 23.8 Å². The average Bonchev–Trinajstić information content (AvgIpc) is 2.64. The number of hydrogen-bond acceptors (Lipinski definition) is 4. The van der Waals surface area contributed by atoms with Crippen LogP contribution in [0.5, 0.6) is 0 Å². The average molecular weight is 380 g/mol. The topological polar surface area (TPSA) is 78.5 Å². The van der Waals surface area contributed by atoms with Gasteiger partial charge in [0.1, 0.15) is 0 Å². The van der Waals surface area contributed by atoms with Crippen LogP contribution in [0, 0.1) is 12.8 Å². The highest BCUT2D eigenvalue weighted by Crippen LogP contribution is 2.27. The van der Waals surface area contributed by atoms with Crippen molar-refractivity contribution in [1.82, 2.24) is 9.62 Å². The second kappa shape index (κ2) is 8.06. The number of sulfonamides is 1. The Hall–Kier alpha value is -1.44. The van der Waals surface area contributed by atoms with Gasteiger partial charge in [0.25, 0.3) is 0 Å². The van der Waals surface area contributed by atoms with E-state index in [-0.39, 0.29) is 11.8 Å². The van der Waals surface area contributed by atoms with Gasteiger partial charge in [-0.3, -0.25) is 4.79 Å². The van der Waals surface area contributed by atoms with E-state index in [0.29, 0.717) is 35.3 Å². The molecule has 1 aromatic rings. The number of aryl methyl sites for hydroxylation is 1. The molecule has 1 aromatic carbocycles. The van der Waals surface area contributed by atoms with Crippen LogP contribution in [0.3, 0.4) is 0 Å². The molecule has 26 heavy (non-hydrogen) atoms. The number of rotatable bonds is 4. The number of nitrogens with one attached hydrogen (secondary N) is 2. The standard InChI is InChI=1S/C19H29N3O3S/c1-14-6-7-17(21-19(23)16-8-9-20-15(2)12-16)13-18(14)26(24,25)22-10-4-3-5-11-22/h6-7,13,15-16,20H,3-5,8-12H2,1-2H3,(H,21,23)/t15-,16-/m0/s1. The molecule has 0 saturated carbocycles. The monoisotopic (exact) mass is 379 g/mol. The lowest BCUT2D eigenvalue weighted by Crippen LogP contribution is -2.40. The van der Waals surface area contributed by atoms with Crippen LogP contribution in [0.15, 0.2) is 23.1 Å². The molecule has 6 nitrogen and oxygen atoms in total. The van der Waals surface area contributed by atoms with Crippen LogP contribution in [0.4, 0.5) is 5.69 Å². The molecule has 0 aliphatic carbocycles. The molecule has 3 rings (SSSR count). The van der Waals surface area contributed by atoms with Crippen molar-refractivity contribution < 1.29 is 13.2 Å². The van der Waals surface area contributed by atoms with Crippen LogP contribution in [0.25, 0.3) is 0 Å². The fraction of sp³-hybridized carbons (Fsp3) is 0.632. The largest absolute Gasteiger partial charge is 0.326 e. The normalized spacial score (nSPS) is 25.0. The summed E-state index contributed by atoms with van der Waals surface area (Å²) in [5.41, 5.74) is 1.27. The fourth-order valence-corrected chi connectivity index (χ4v) is 5.58. The molecule has 1 amide bonds. The quantitative estimate of drug-likeness (QED) is 0.842. The van der Waals surface area contributed by atoms with Gasteiger partial charge in [0.05, 0.1) is 4.90 Å². The van der Waals surface area contributed by atoms with Gasteiger partial charge in [0.15, 0.2) is 0 Å². The van der Waals surface area contributed by atoms with E-state index in [9.17, 15) is 13.2 Å². The summed E-state index contributed by atoms with van der Waals surface area (Å²) >= 11 is 0. The van der Waals surface area contributed by atoms with E-state index in [1.807, 2.05) is 0 Å². The van der Waals surface area contributed by atoms with Gasteiger partial charge in [-0.05, 0) is 63.8 Å². The van der Waals surface area contributed by atoms with Crippen LogP contribution < -0.4 is 10.6 Å². The van der Waals surface area contributed by atoms with E-state index in [0.717, 1.165) is 38.6 Å². The molecule has 0 unspecified atom stereocenters. The van der Waals surface area contributed by atoms with E-state index < -0.39 is 10.0 Å². The molecule has 0 spiro atoms. The summed E-state index contributed by atoms with van der Waals surface area (Å²) in [5.74, 6) is -0.0572. The first-order valence-corrected chi connectivity index (χ1v) is 11.0. The lowest BCUT2D eigenvalue weighted by molar-refractivity contribution is -0.120. The summed E-state index contributed by atoms with van der Waals surface area (Å²) in [7, 11) is -3.51. The Morgan fingerprint density at radius 2 is 1.96 bits per heavy atom. The number of piperidine rings is 2. The van der Waals surface area contributed by atoms with Gasteiger partial charge in [-0.25, -0.2) is 8.42 Å². The Kier molecular flexibility index (Phi) is 5.99. The Balaban J connectivity index is 1.78. The second-order valence-corrected chi connectivity index (χ2v) is 9.42. The van der Waals surface area contributed by atoms with Crippen molar-refractivity contribution in [2.75, 3.05) is 25.0 Å². The minimum atomic E-state index is -3.51. The summed E-state index contributed by atoms with van der Waals surface area (Å²) in [4.78, 5) is 12.9. The SMILES string of the molecule is Cc1ccc(NC(=O)[C@H]2CCN[C@@H](C)C2)cc1S(=O)(=O)N1CCCCC1. The second-order valence-electron chi connectivity index (χ2n) is 7.51. The van der Waals surface area contributed by atoms with Gasteiger partial charge >= 0.3 is 0 Å². The van der Waals surface area contributed by atoms with Crippen molar-refractivity contribution in [2.45, 2.75) is 56.9 Å². The van der Waals surface area contributed by atoms with E-state index in [4.69, 9.17) is 0 Å². The molecular formula is C19H29N3O3S. The molecule has 2 aliphatic heterocycles. The van der Waals surface area contributed by atoms with E-state index in [1.54, 1.807) is 29.4 Å². The highest BCUT2D eigenvalue weighted by atomic mass is 32.2. The lowest BCUT2D eigenvalue weighted by Gasteiger charge is -2.28. The summed E-state index contributed by atoms with van der Waals surface area (Å²) in [6, 6.07) is 5.50. The predicted octanol–water partition coefficient (Wildman–Crippen LogP) is 2.50. The third-order valence-corrected chi connectivity index (χ3v) is 7.42. The number of carbonyl (C=O) groups is 1. The highest BCUT2D eigenvalue weighted by Gasteiger charge is 2.28. The first-order valence-electron chi connectivity index (χ1n) is 9.53. The van der Waals surface area contributed by atoms with Crippen molar-refractivity contribution >= 4 is 21.6 Å². The molecule has 2 saturated heterocycles. The van der Waals surface area contributed by atoms with E-state index in [2.05, 4.69) is 17.6 Å². The number of benzene rings is 1. The molecule has 2 atom stereocenters. The summed E-state index contributed by atoms with van der Waals surface area (Å²) < 4.78 is 27.6. The first kappa shape index (κ1) is 19.3. The molecule has 2 N–H and O–H groups in total. The zero-order chi connectivity index (χ0) is 18.7. The van der Waals surface area contributed by atoms with Crippen LogP contribution in [0.2, 0.25) is 0 Å². The third-order valence-electron chi connectivity index (χ3n) is 5.38. The number of carbonyl (C=O) groups excluding carboxylic acids is 1. The third kappa shape index (κ3) is 4.27. The molecular weight excluding hydrogens is 350 g/mol. The minimum absolute atomic E-state index is 0.0245. The molecule has 7 heteroatoms. The Morgan fingerprint density at radius 1 is 1.23 bits per heavy atom. The summed E-state index contributed by atoms with van der Waals surface area (Å²) in [6.45, 7) is 5.86. The molecule has 2 fully saturated rings. The van der Waals surface area contributed by atoms with Gasteiger partial charge in [0.2, 0.25) is 15.9 Å². The maximum atomic E-state index is 13.0. The number of anilines is 1. The molecule has 144 valence electrons. The van der Waals surface area contributed by atoms with Gasteiger partial charge in [0, 0.05) is 30.7 Å². The van der Waals surface area contributed by atoms with Crippen molar-refractivity contribution in [3.63, 3.8) is 0 Å². The van der Waals surface area contributed by atoms with Gasteiger partial charge in [-0.2, -0.15) is 4.31 Å². The molecule has 0 aromatic heterocycles. The van der Waals surface area contributed by atoms with Crippen LogP contribution in [-0.2, 0) is 14.8 Å². The van der Waals surface area contributed by atoms with Gasteiger partial charge < -0.3 is 10.6 Å². The number of hydrogen-bond donors (Lipinski definition) is 2. The Bertz CT molecular complexity index is 757. The highest BCUT2D eigenvalue weighted by molar-refractivity contribution is 7.89. The minimum Gasteiger partial charge on any atom is -0.326 e. The van der Waals surface area contributed by atoms with Crippen molar-refractivity contribution in [2.24, 2.45) is 5.92 Å². The number of amides is 1. The van der Waals surface area contributed by atoms with Crippen LogP contribution in [-0.4, -0.2) is 44.3 Å². The molecule has 0 bridgehead atoms. The maximum absolute atomic E-state index is 13.0. The van der Waals surface area contributed by atoms with E-state index in [1.165, 1.54) is 0 Å². The van der Waals surface area contributed by atoms with E-state index >= 15 is 0 Å². The Labute approximate surface area is 156 Å². The molecule has 2 heterocycles. The molecule has 2 aliphatic rings. The van der Waals surface area contributed by atoms with Gasteiger partial charge in [-0.15, -0.1) is 0 Å². The smallest absolute Gasteiger partial charge is 0.243 e. The molecule has 0 radical (unpaired) electrons. The zero-order valence-corrected chi connectivity index (χ0v) is 16.4.